The maximum absolute atomic E-state index is 5.92. The van der Waals surface area contributed by atoms with Gasteiger partial charge in [-0.2, -0.15) is 0 Å². The molecule has 1 aromatic carbocycles. The van der Waals surface area contributed by atoms with Gasteiger partial charge in [-0.15, -0.1) is 0 Å². The minimum Gasteiger partial charge on any atom is -0.497 e. The van der Waals surface area contributed by atoms with Gasteiger partial charge in [0.1, 0.15) is 11.5 Å². The highest BCUT2D eigenvalue weighted by atomic mass is 16.5. The van der Waals surface area contributed by atoms with Gasteiger partial charge < -0.3 is 19.5 Å². The highest BCUT2D eigenvalue weighted by Crippen LogP contribution is 2.33. The van der Waals surface area contributed by atoms with Gasteiger partial charge in [-0.05, 0) is 32.0 Å². The Labute approximate surface area is 122 Å². The van der Waals surface area contributed by atoms with E-state index in [0.29, 0.717) is 12.5 Å². The van der Waals surface area contributed by atoms with Crippen LogP contribution in [0, 0.1) is 5.92 Å². The van der Waals surface area contributed by atoms with Crippen molar-refractivity contribution in [1.82, 2.24) is 5.32 Å². The fourth-order valence-electron chi connectivity index (χ4n) is 2.44. The monoisotopic (exact) mass is 281 g/mol. The van der Waals surface area contributed by atoms with Crippen LogP contribution < -0.4 is 14.8 Å². The summed E-state index contributed by atoms with van der Waals surface area (Å²) in [5, 5.41) is 3.35. The maximum Gasteiger partial charge on any atom is 0.127 e. The molecule has 0 radical (unpaired) electrons. The maximum atomic E-state index is 5.92. The molecule has 2 unspecified atom stereocenters. The lowest BCUT2D eigenvalue weighted by molar-refractivity contribution is 0.00408. The van der Waals surface area contributed by atoms with E-state index in [1.807, 2.05) is 32.2 Å². The second kappa shape index (κ2) is 8.12. The third kappa shape index (κ3) is 3.87. The van der Waals surface area contributed by atoms with E-state index in [-0.39, 0.29) is 12.1 Å². The standard InChI is InChI=1S/C16H27NO3/c1-7-20-16(11(2)3)15(17-4)13-9-8-12(18-5)10-14(13)19-6/h8-11,15-17H,7H2,1-6H3. The number of rotatable bonds is 8. The second-order valence-electron chi connectivity index (χ2n) is 5.04. The Hall–Kier alpha value is -1.26. The topological polar surface area (TPSA) is 39.7 Å². The molecule has 0 aromatic heterocycles. The zero-order valence-electron chi connectivity index (χ0n) is 13.4. The number of likely N-dealkylation sites (N-methyl/N-ethyl adjacent to an activating group) is 1. The zero-order valence-corrected chi connectivity index (χ0v) is 13.4. The molecule has 0 fully saturated rings. The van der Waals surface area contributed by atoms with Crippen LogP contribution in [0.3, 0.4) is 0 Å². The fraction of sp³-hybridized carbons (Fsp3) is 0.625. The SMILES string of the molecule is CCOC(C(C)C)C(NC)c1ccc(OC)cc1OC. The van der Waals surface area contributed by atoms with Gasteiger partial charge in [0.2, 0.25) is 0 Å². The number of ether oxygens (including phenoxy) is 3. The van der Waals surface area contributed by atoms with Crippen LogP contribution in [0.4, 0.5) is 0 Å². The van der Waals surface area contributed by atoms with Gasteiger partial charge in [-0.3, -0.25) is 0 Å². The molecule has 0 bridgehead atoms. The van der Waals surface area contributed by atoms with Crippen molar-refractivity contribution in [1.29, 1.82) is 0 Å². The molecule has 0 spiro atoms. The predicted molar refractivity (Wildman–Crippen MR) is 81.6 cm³/mol. The Kier molecular flexibility index (Phi) is 6.82. The third-order valence-corrected chi connectivity index (χ3v) is 3.43. The molecule has 1 N–H and O–H groups in total. The summed E-state index contributed by atoms with van der Waals surface area (Å²) in [5.41, 5.74) is 1.09. The van der Waals surface area contributed by atoms with E-state index < -0.39 is 0 Å². The lowest BCUT2D eigenvalue weighted by Gasteiger charge is -2.31. The largest absolute Gasteiger partial charge is 0.497 e. The third-order valence-electron chi connectivity index (χ3n) is 3.43. The van der Waals surface area contributed by atoms with Gasteiger partial charge in [-0.1, -0.05) is 13.8 Å². The van der Waals surface area contributed by atoms with Crippen LogP contribution in [0.15, 0.2) is 18.2 Å². The molecule has 0 aliphatic heterocycles. The number of methoxy groups -OCH3 is 2. The lowest BCUT2D eigenvalue weighted by Crippen LogP contribution is -2.35. The van der Waals surface area contributed by atoms with E-state index in [4.69, 9.17) is 14.2 Å². The molecule has 0 saturated heterocycles. The smallest absolute Gasteiger partial charge is 0.127 e. The average Bonchev–Trinajstić information content (AvgIpc) is 2.46. The molecular weight excluding hydrogens is 254 g/mol. The highest BCUT2D eigenvalue weighted by Gasteiger charge is 2.27. The first kappa shape index (κ1) is 16.8. The first-order valence-corrected chi connectivity index (χ1v) is 7.09. The summed E-state index contributed by atoms with van der Waals surface area (Å²) in [7, 11) is 5.28. The minimum atomic E-state index is 0.0795. The van der Waals surface area contributed by atoms with Crippen LogP contribution in [0.1, 0.15) is 32.4 Å². The number of nitrogens with one attached hydrogen (secondary N) is 1. The Balaban J connectivity index is 3.15. The van der Waals surface area contributed by atoms with Crippen molar-refractivity contribution in [3.8, 4) is 11.5 Å². The molecule has 20 heavy (non-hydrogen) atoms. The van der Waals surface area contributed by atoms with Gasteiger partial charge >= 0.3 is 0 Å². The lowest BCUT2D eigenvalue weighted by atomic mass is 9.92. The van der Waals surface area contributed by atoms with Crippen molar-refractivity contribution in [3.63, 3.8) is 0 Å². The van der Waals surface area contributed by atoms with Crippen molar-refractivity contribution in [3.05, 3.63) is 23.8 Å². The molecular formula is C16H27NO3. The van der Waals surface area contributed by atoms with Gasteiger partial charge in [-0.25, -0.2) is 0 Å². The van der Waals surface area contributed by atoms with E-state index in [0.717, 1.165) is 17.1 Å². The first-order chi connectivity index (χ1) is 9.58. The first-order valence-electron chi connectivity index (χ1n) is 7.09. The number of benzene rings is 1. The van der Waals surface area contributed by atoms with Crippen molar-refractivity contribution in [2.75, 3.05) is 27.9 Å². The van der Waals surface area contributed by atoms with Crippen LogP contribution in [-0.4, -0.2) is 34.0 Å². The molecule has 0 aliphatic rings. The van der Waals surface area contributed by atoms with E-state index in [9.17, 15) is 0 Å². The summed E-state index contributed by atoms with van der Waals surface area (Å²) >= 11 is 0. The summed E-state index contributed by atoms with van der Waals surface area (Å²) in [6, 6.07) is 5.97. The van der Waals surface area contributed by atoms with Crippen molar-refractivity contribution >= 4 is 0 Å². The molecule has 4 heteroatoms. The van der Waals surface area contributed by atoms with Crippen LogP contribution in [0.25, 0.3) is 0 Å². The Morgan fingerprint density at radius 1 is 1.15 bits per heavy atom. The van der Waals surface area contributed by atoms with Crippen LogP contribution >= 0.6 is 0 Å². The Morgan fingerprint density at radius 2 is 1.85 bits per heavy atom. The van der Waals surface area contributed by atoms with Crippen molar-refractivity contribution in [2.24, 2.45) is 5.92 Å². The fourth-order valence-corrected chi connectivity index (χ4v) is 2.44. The van der Waals surface area contributed by atoms with E-state index >= 15 is 0 Å². The minimum absolute atomic E-state index is 0.0795. The van der Waals surface area contributed by atoms with Crippen molar-refractivity contribution in [2.45, 2.75) is 32.9 Å². The second-order valence-corrected chi connectivity index (χ2v) is 5.04. The molecule has 0 aliphatic carbocycles. The van der Waals surface area contributed by atoms with Gasteiger partial charge in [0.05, 0.1) is 26.4 Å². The summed E-state index contributed by atoms with van der Waals surface area (Å²) in [4.78, 5) is 0. The number of hydrogen-bond donors (Lipinski definition) is 1. The molecule has 1 aromatic rings. The molecule has 0 amide bonds. The van der Waals surface area contributed by atoms with Gasteiger partial charge in [0.15, 0.2) is 0 Å². The Morgan fingerprint density at radius 3 is 2.30 bits per heavy atom. The molecule has 0 heterocycles. The predicted octanol–water partition coefficient (Wildman–Crippen LogP) is 3.03. The summed E-state index contributed by atoms with van der Waals surface area (Å²) in [5.74, 6) is 2.01. The van der Waals surface area contributed by atoms with Crippen LogP contribution in [-0.2, 0) is 4.74 Å². The van der Waals surface area contributed by atoms with Crippen LogP contribution in [0.5, 0.6) is 11.5 Å². The van der Waals surface area contributed by atoms with Gasteiger partial charge in [0.25, 0.3) is 0 Å². The summed E-state index contributed by atoms with van der Waals surface area (Å²) in [6.45, 7) is 7.05. The highest BCUT2D eigenvalue weighted by molar-refractivity contribution is 5.43. The summed E-state index contributed by atoms with van der Waals surface area (Å²) in [6.07, 6.45) is 0.0901. The zero-order chi connectivity index (χ0) is 15.1. The van der Waals surface area contributed by atoms with E-state index in [1.54, 1.807) is 14.2 Å². The molecule has 1 rings (SSSR count). The summed E-state index contributed by atoms with van der Waals surface area (Å²) < 4.78 is 16.7. The van der Waals surface area contributed by atoms with E-state index in [1.165, 1.54) is 0 Å². The average molecular weight is 281 g/mol. The number of hydrogen-bond acceptors (Lipinski definition) is 4. The molecule has 0 saturated carbocycles. The quantitative estimate of drug-likeness (QED) is 0.795. The molecule has 114 valence electrons. The molecule has 4 nitrogen and oxygen atoms in total. The van der Waals surface area contributed by atoms with Crippen molar-refractivity contribution < 1.29 is 14.2 Å². The Bertz CT molecular complexity index is 407. The van der Waals surface area contributed by atoms with Gasteiger partial charge in [0, 0.05) is 18.2 Å². The molecule has 2 atom stereocenters. The van der Waals surface area contributed by atoms with Crippen LogP contribution in [0.2, 0.25) is 0 Å². The van der Waals surface area contributed by atoms with E-state index in [2.05, 4.69) is 19.2 Å². The normalized spacial score (nSPS) is 14.2.